The molecule has 3 rings (SSSR count). The lowest BCUT2D eigenvalue weighted by molar-refractivity contribution is -0.137. The van der Waals surface area contributed by atoms with Crippen molar-refractivity contribution in [3.63, 3.8) is 0 Å². The van der Waals surface area contributed by atoms with Gasteiger partial charge in [-0.15, -0.1) is 11.3 Å². The van der Waals surface area contributed by atoms with Gasteiger partial charge >= 0.3 is 0 Å². The summed E-state index contributed by atoms with van der Waals surface area (Å²) in [7, 11) is 0. The van der Waals surface area contributed by atoms with Crippen LogP contribution in [0.1, 0.15) is 37.1 Å². The van der Waals surface area contributed by atoms with Crippen LogP contribution >= 0.6 is 11.3 Å². The molecule has 1 aliphatic rings. The zero-order valence-electron chi connectivity index (χ0n) is 15.4. The number of nitrogens with zero attached hydrogens (tertiary/aromatic N) is 1. The molecule has 0 saturated carbocycles. The van der Waals surface area contributed by atoms with Crippen LogP contribution < -0.4 is 5.32 Å². The molecule has 5 heteroatoms. The number of hydrogen-bond acceptors (Lipinski definition) is 3. The first-order chi connectivity index (χ1) is 12.5. The topological polar surface area (TPSA) is 49.4 Å². The lowest BCUT2D eigenvalue weighted by atomic mass is 9.80. The van der Waals surface area contributed by atoms with Gasteiger partial charge in [-0.2, -0.15) is 0 Å². The van der Waals surface area contributed by atoms with E-state index < -0.39 is 0 Å². The molecule has 1 N–H and O–H groups in total. The van der Waals surface area contributed by atoms with Crippen LogP contribution in [0.15, 0.2) is 47.8 Å². The van der Waals surface area contributed by atoms with Gasteiger partial charge in [0, 0.05) is 30.8 Å². The van der Waals surface area contributed by atoms with Gasteiger partial charge in [0.05, 0.1) is 5.54 Å². The smallest absolute Gasteiger partial charge is 0.225 e. The van der Waals surface area contributed by atoms with E-state index in [2.05, 4.69) is 28.9 Å². The largest absolute Gasteiger partial charge is 0.347 e. The highest BCUT2D eigenvalue weighted by molar-refractivity contribution is 7.09. The number of nitrogens with one attached hydrogen (secondary N) is 1. The molecule has 0 aliphatic carbocycles. The summed E-state index contributed by atoms with van der Waals surface area (Å²) in [6.45, 7) is 4.91. The summed E-state index contributed by atoms with van der Waals surface area (Å²) in [5, 5.41) is 5.21. The highest BCUT2D eigenvalue weighted by atomic mass is 32.1. The molecular formula is C21H26N2O2S. The van der Waals surface area contributed by atoms with Crippen LogP contribution in [0.4, 0.5) is 0 Å². The number of likely N-dealkylation sites (tertiary alicyclic amines) is 1. The SMILES string of the molecule is CC(=O)NC1(c2ccccc2)CCN(C(=O)C(C)Cc2cccs2)CC1. The van der Waals surface area contributed by atoms with Crippen LogP contribution in [-0.4, -0.2) is 29.8 Å². The zero-order chi connectivity index (χ0) is 18.6. The lowest BCUT2D eigenvalue weighted by Crippen LogP contribution is -2.54. The van der Waals surface area contributed by atoms with Crippen molar-refractivity contribution in [3.8, 4) is 0 Å². The Morgan fingerprint density at radius 3 is 2.42 bits per heavy atom. The lowest BCUT2D eigenvalue weighted by Gasteiger charge is -2.43. The van der Waals surface area contributed by atoms with E-state index in [1.165, 1.54) is 4.88 Å². The quantitative estimate of drug-likeness (QED) is 0.874. The maximum Gasteiger partial charge on any atom is 0.225 e. The Balaban J connectivity index is 1.67. The molecule has 2 aromatic rings. The van der Waals surface area contributed by atoms with Crippen molar-refractivity contribution < 1.29 is 9.59 Å². The summed E-state index contributed by atoms with van der Waals surface area (Å²) >= 11 is 1.70. The van der Waals surface area contributed by atoms with Crippen molar-refractivity contribution in [1.82, 2.24) is 10.2 Å². The molecule has 0 bridgehead atoms. The van der Waals surface area contributed by atoms with Crippen molar-refractivity contribution in [2.24, 2.45) is 5.92 Å². The minimum Gasteiger partial charge on any atom is -0.347 e. The van der Waals surface area contributed by atoms with E-state index in [0.717, 1.165) is 24.8 Å². The maximum absolute atomic E-state index is 12.8. The Bertz CT molecular complexity index is 735. The summed E-state index contributed by atoms with van der Waals surface area (Å²) in [6, 6.07) is 14.2. The summed E-state index contributed by atoms with van der Waals surface area (Å²) in [5.41, 5.74) is 0.745. The van der Waals surface area contributed by atoms with Gasteiger partial charge in [0.2, 0.25) is 11.8 Å². The van der Waals surface area contributed by atoms with Gasteiger partial charge in [-0.3, -0.25) is 9.59 Å². The number of hydrogen-bond donors (Lipinski definition) is 1. The Morgan fingerprint density at radius 2 is 1.85 bits per heavy atom. The second kappa shape index (κ2) is 8.04. The highest BCUT2D eigenvalue weighted by Crippen LogP contribution is 2.33. The van der Waals surface area contributed by atoms with Crippen LogP contribution in [0, 0.1) is 5.92 Å². The van der Waals surface area contributed by atoms with E-state index in [0.29, 0.717) is 13.1 Å². The number of piperidine rings is 1. The Labute approximate surface area is 159 Å². The third kappa shape index (κ3) is 4.15. The first-order valence-electron chi connectivity index (χ1n) is 9.16. The molecule has 0 radical (unpaired) electrons. The second-order valence-corrected chi connectivity index (χ2v) is 8.17. The summed E-state index contributed by atoms with van der Waals surface area (Å²) in [5.74, 6) is 0.168. The Kier molecular flexibility index (Phi) is 5.77. The fourth-order valence-corrected chi connectivity index (χ4v) is 4.65. The molecule has 0 spiro atoms. The van der Waals surface area contributed by atoms with Crippen LogP contribution in [0.3, 0.4) is 0 Å². The van der Waals surface area contributed by atoms with Gasteiger partial charge in [-0.1, -0.05) is 43.3 Å². The van der Waals surface area contributed by atoms with E-state index in [1.54, 1.807) is 18.3 Å². The van der Waals surface area contributed by atoms with Crippen molar-refractivity contribution in [2.75, 3.05) is 13.1 Å². The molecule has 1 aromatic heterocycles. The van der Waals surface area contributed by atoms with E-state index in [9.17, 15) is 9.59 Å². The monoisotopic (exact) mass is 370 g/mol. The van der Waals surface area contributed by atoms with E-state index in [4.69, 9.17) is 0 Å². The van der Waals surface area contributed by atoms with Gasteiger partial charge in [0.1, 0.15) is 0 Å². The maximum atomic E-state index is 12.8. The molecule has 4 nitrogen and oxygen atoms in total. The van der Waals surface area contributed by atoms with Crippen LogP contribution in [0.2, 0.25) is 0 Å². The average molecular weight is 371 g/mol. The van der Waals surface area contributed by atoms with E-state index in [1.807, 2.05) is 36.1 Å². The van der Waals surface area contributed by atoms with Crippen LogP contribution in [0.5, 0.6) is 0 Å². The third-order valence-corrected chi connectivity index (χ3v) is 6.08. The molecule has 26 heavy (non-hydrogen) atoms. The van der Waals surface area contributed by atoms with Crippen molar-refractivity contribution >= 4 is 23.2 Å². The minimum absolute atomic E-state index is 0.0151. The van der Waals surface area contributed by atoms with Gasteiger partial charge in [-0.25, -0.2) is 0 Å². The number of benzene rings is 1. The number of carbonyl (C=O) groups excluding carboxylic acids is 2. The van der Waals surface area contributed by atoms with Gasteiger partial charge in [0.15, 0.2) is 0 Å². The first kappa shape index (κ1) is 18.6. The molecule has 1 fully saturated rings. The third-order valence-electron chi connectivity index (χ3n) is 5.18. The highest BCUT2D eigenvalue weighted by Gasteiger charge is 2.38. The molecule has 1 aliphatic heterocycles. The Hall–Kier alpha value is -2.14. The average Bonchev–Trinajstić information content (AvgIpc) is 3.15. The molecule has 1 atom stereocenters. The summed E-state index contributed by atoms with van der Waals surface area (Å²) in [4.78, 5) is 27.8. The molecule has 138 valence electrons. The van der Waals surface area contributed by atoms with Crippen molar-refractivity contribution in [3.05, 3.63) is 58.3 Å². The second-order valence-electron chi connectivity index (χ2n) is 7.14. The molecule has 1 aromatic carbocycles. The number of thiophene rings is 1. The van der Waals surface area contributed by atoms with Gasteiger partial charge < -0.3 is 10.2 Å². The molecule has 1 unspecified atom stereocenters. The molecule has 2 heterocycles. The predicted molar refractivity (Wildman–Crippen MR) is 105 cm³/mol. The predicted octanol–water partition coefficient (Wildman–Crippen LogP) is 3.58. The van der Waals surface area contributed by atoms with Gasteiger partial charge in [0.25, 0.3) is 0 Å². The Morgan fingerprint density at radius 1 is 1.15 bits per heavy atom. The molecule has 1 saturated heterocycles. The number of amides is 2. The van der Waals surface area contributed by atoms with E-state index >= 15 is 0 Å². The van der Waals surface area contributed by atoms with Crippen LogP contribution in [-0.2, 0) is 21.5 Å². The fraction of sp³-hybridized carbons (Fsp3) is 0.429. The fourth-order valence-electron chi connectivity index (χ4n) is 3.82. The molecule has 2 amide bonds. The normalized spacial score (nSPS) is 17.5. The summed E-state index contributed by atoms with van der Waals surface area (Å²) < 4.78 is 0. The first-order valence-corrected chi connectivity index (χ1v) is 10.0. The number of carbonyl (C=O) groups is 2. The van der Waals surface area contributed by atoms with Gasteiger partial charge in [-0.05, 0) is 36.3 Å². The number of rotatable bonds is 5. The molecular weight excluding hydrogens is 344 g/mol. The van der Waals surface area contributed by atoms with Crippen molar-refractivity contribution in [2.45, 2.75) is 38.6 Å². The van der Waals surface area contributed by atoms with E-state index in [-0.39, 0.29) is 23.3 Å². The zero-order valence-corrected chi connectivity index (χ0v) is 16.2. The standard InChI is InChI=1S/C21H26N2O2S/c1-16(15-19-9-6-14-26-19)20(25)23-12-10-21(11-13-23,22-17(2)24)18-7-4-3-5-8-18/h3-9,14,16H,10-13,15H2,1-2H3,(H,22,24). The van der Waals surface area contributed by atoms with Crippen LogP contribution in [0.25, 0.3) is 0 Å². The minimum atomic E-state index is -0.374. The van der Waals surface area contributed by atoms with Crippen molar-refractivity contribution in [1.29, 1.82) is 0 Å². The summed E-state index contributed by atoms with van der Waals surface area (Å²) in [6.07, 6.45) is 2.28.